The Hall–Kier alpha value is -2.32. The van der Waals surface area contributed by atoms with Crippen LogP contribution in [-0.2, 0) is 4.79 Å². The van der Waals surface area contributed by atoms with Gasteiger partial charge in [-0.05, 0) is 12.8 Å². The van der Waals surface area contributed by atoms with Gasteiger partial charge in [-0.2, -0.15) is 4.90 Å². The highest BCUT2D eigenvalue weighted by atomic mass is 16.4. The third-order valence-corrected chi connectivity index (χ3v) is 3.24. The summed E-state index contributed by atoms with van der Waals surface area (Å²) in [7, 11) is 0. The molecule has 3 N–H and O–H groups in total. The Morgan fingerprint density at radius 1 is 1.11 bits per heavy atom. The summed E-state index contributed by atoms with van der Waals surface area (Å²) in [5.74, 6) is -0.829. The maximum absolute atomic E-state index is 11.9. The van der Waals surface area contributed by atoms with Crippen molar-refractivity contribution in [1.82, 2.24) is 15.1 Å². The van der Waals surface area contributed by atoms with Gasteiger partial charge < -0.3 is 20.4 Å². The van der Waals surface area contributed by atoms with Crippen LogP contribution in [0.5, 0.6) is 0 Å². The van der Waals surface area contributed by atoms with Gasteiger partial charge in [0, 0.05) is 13.1 Å². The molecule has 0 aromatic rings. The number of likely N-dealkylation sites (tertiary alicyclic amines) is 1. The quantitative estimate of drug-likeness (QED) is 0.512. The third kappa shape index (κ3) is 1.63. The topological polar surface area (TPSA) is 127 Å². The van der Waals surface area contributed by atoms with Crippen molar-refractivity contribution < 1.29 is 29.4 Å². The second-order valence-corrected chi connectivity index (χ2v) is 4.21. The Balaban J connectivity index is 2.16. The number of nitrogens with one attached hydrogen (secondary N) is 1. The minimum absolute atomic E-state index is 0.0770. The molecule has 2 heterocycles. The van der Waals surface area contributed by atoms with Crippen LogP contribution in [-0.4, -0.2) is 62.8 Å². The number of hydrogen-bond donors (Lipinski definition) is 3. The average Bonchev–Trinajstić information content (AvgIpc) is 2.51. The van der Waals surface area contributed by atoms with Crippen molar-refractivity contribution in [1.29, 1.82) is 0 Å². The van der Waals surface area contributed by atoms with Crippen molar-refractivity contribution in [3.8, 4) is 0 Å². The molecule has 98 valence electrons. The van der Waals surface area contributed by atoms with Gasteiger partial charge in [0.25, 0.3) is 5.91 Å². The highest BCUT2D eigenvalue weighted by molar-refractivity contribution is 6.16. The summed E-state index contributed by atoms with van der Waals surface area (Å²) in [5, 5.41) is 19.9. The minimum Gasteiger partial charge on any atom is -0.465 e. The van der Waals surface area contributed by atoms with Crippen LogP contribution in [0.2, 0.25) is 0 Å². The fourth-order valence-corrected chi connectivity index (χ4v) is 2.21. The minimum atomic E-state index is -1.63. The molecule has 2 aliphatic heterocycles. The summed E-state index contributed by atoms with van der Waals surface area (Å²) in [6.07, 6.45) is -2.58. The standard InChI is InChI=1S/C9H11N3O6/c13-5-9(10-6(14)12(5)8(17)18)1-3-11(4-2-9)7(15)16/h1-4H2,(H,10,14)(H,15,16)(H,17,18). The van der Waals surface area contributed by atoms with Crippen LogP contribution in [0.4, 0.5) is 14.4 Å². The fourth-order valence-electron chi connectivity index (χ4n) is 2.21. The Morgan fingerprint density at radius 2 is 1.67 bits per heavy atom. The van der Waals surface area contributed by atoms with Crippen molar-refractivity contribution in [2.24, 2.45) is 0 Å². The smallest absolute Gasteiger partial charge is 0.422 e. The summed E-state index contributed by atoms with van der Waals surface area (Å²) < 4.78 is 0. The number of rotatable bonds is 0. The highest BCUT2D eigenvalue weighted by Gasteiger charge is 2.55. The molecular weight excluding hydrogens is 246 g/mol. The van der Waals surface area contributed by atoms with Gasteiger partial charge in [0.15, 0.2) is 0 Å². The number of amides is 5. The van der Waals surface area contributed by atoms with E-state index in [0.29, 0.717) is 0 Å². The lowest BCUT2D eigenvalue weighted by molar-refractivity contribution is -0.131. The number of hydrogen-bond acceptors (Lipinski definition) is 4. The van der Waals surface area contributed by atoms with E-state index in [0.717, 1.165) is 4.90 Å². The largest absolute Gasteiger partial charge is 0.465 e. The summed E-state index contributed by atoms with van der Waals surface area (Å²) in [6, 6.07) is -0.976. The SMILES string of the molecule is O=C(O)N1CCC2(CC1)NC(=O)N(C(=O)O)C2=O. The van der Waals surface area contributed by atoms with Crippen LogP contribution >= 0.6 is 0 Å². The Labute approximate surface area is 101 Å². The zero-order valence-electron chi connectivity index (χ0n) is 9.25. The Morgan fingerprint density at radius 3 is 2.06 bits per heavy atom. The average molecular weight is 257 g/mol. The molecule has 2 aliphatic rings. The molecule has 1 spiro atoms. The van der Waals surface area contributed by atoms with E-state index in [9.17, 15) is 19.2 Å². The summed E-state index contributed by atoms with van der Waals surface area (Å²) in [5.41, 5.74) is -1.28. The molecule has 0 bridgehead atoms. The molecule has 0 saturated carbocycles. The van der Waals surface area contributed by atoms with E-state index in [4.69, 9.17) is 10.2 Å². The van der Waals surface area contributed by atoms with Crippen LogP contribution in [0.3, 0.4) is 0 Å². The number of carbonyl (C=O) groups excluding carboxylic acids is 2. The van der Waals surface area contributed by atoms with Gasteiger partial charge in [-0.3, -0.25) is 4.79 Å². The molecule has 2 fully saturated rings. The first-order chi connectivity index (χ1) is 8.37. The van der Waals surface area contributed by atoms with E-state index in [1.165, 1.54) is 0 Å². The van der Waals surface area contributed by atoms with Gasteiger partial charge in [0.05, 0.1) is 0 Å². The molecule has 0 atom stereocenters. The zero-order chi connectivity index (χ0) is 13.5. The number of nitrogens with zero attached hydrogens (tertiary/aromatic N) is 2. The van der Waals surface area contributed by atoms with E-state index in [1.54, 1.807) is 0 Å². The number of carboxylic acid groups (broad SMARTS) is 2. The van der Waals surface area contributed by atoms with Crippen LogP contribution in [0.25, 0.3) is 0 Å². The van der Waals surface area contributed by atoms with Gasteiger partial charge in [0.2, 0.25) is 0 Å². The maximum atomic E-state index is 11.9. The maximum Gasteiger partial charge on any atom is 0.422 e. The van der Waals surface area contributed by atoms with Crippen molar-refractivity contribution in [3.05, 3.63) is 0 Å². The lowest BCUT2D eigenvalue weighted by atomic mass is 9.87. The molecule has 0 aliphatic carbocycles. The molecule has 18 heavy (non-hydrogen) atoms. The summed E-state index contributed by atoms with van der Waals surface area (Å²) >= 11 is 0. The predicted molar refractivity (Wildman–Crippen MR) is 55.0 cm³/mol. The normalized spacial score (nSPS) is 22.2. The van der Waals surface area contributed by atoms with E-state index in [1.807, 2.05) is 0 Å². The highest BCUT2D eigenvalue weighted by Crippen LogP contribution is 2.29. The van der Waals surface area contributed by atoms with E-state index >= 15 is 0 Å². The number of piperidine rings is 1. The number of urea groups is 1. The Bertz CT molecular complexity index is 440. The Kier molecular flexibility index (Phi) is 2.60. The number of imide groups is 3. The third-order valence-electron chi connectivity index (χ3n) is 3.24. The van der Waals surface area contributed by atoms with Crippen molar-refractivity contribution >= 4 is 24.1 Å². The molecule has 9 nitrogen and oxygen atoms in total. The molecule has 0 aromatic carbocycles. The van der Waals surface area contributed by atoms with Crippen LogP contribution in [0.15, 0.2) is 0 Å². The van der Waals surface area contributed by atoms with E-state index in [-0.39, 0.29) is 30.8 Å². The van der Waals surface area contributed by atoms with Crippen LogP contribution in [0.1, 0.15) is 12.8 Å². The van der Waals surface area contributed by atoms with Gasteiger partial charge in [0.1, 0.15) is 5.54 Å². The molecule has 0 aromatic heterocycles. The summed E-state index contributed by atoms with van der Waals surface area (Å²) in [4.78, 5) is 46.0. The van der Waals surface area contributed by atoms with Crippen LogP contribution in [0, 0.1) is 0 Å². The fraction of sp³-hybridized carbons (Fsp3) is 0.556. The second-order valence-electron chi connectivity index (χ2n) is 4.21. The van der Waals surface area contributed by atoms with Gasteiger partial charge >= 0.3 is 18.2 Å². The zero-order valence-corrected chi connectivity index (χ0v) is 9.25. The first-order valence-electron chi connectivity index (χ1n) is 5.25. The molecule has 0 radical (unpaired) electrons. The summed E-state index contributed by atoms with van der Waals surface area (Å²) in [6.45, 7) is 0.156. The first kappa shape index (κ1) is 12.1. The van der Waals surface area contributed by atoms with Gasteiger partial charge in [-0.15, -0.1) is 0 Å². The van der Waals surface area contributed by atoms with Crippen molar-refractivity contribution in [2.45, 2.75) is 18.4 Å². The van der Waals surface area contributed by atoms with Gasteiger partial charge in [-0.25, -0.2) is 14.4 Å². The molecule has 9 heteroatoms. The lowest BCUT2D eigenvalue weighted by Crippen LogP contribution is -2.55. The predicted octanol–water partition coefficient (Wildman–Crippen LogP) is -0.271. The van der Waals surface area contributed by atoms with Crippen LogP contribution < -0.4 is 5.32 Å². The monoisotopic (exact) mass is 257 g/mol. The van der Waals surface area contributed by atoms with Gasteiger partial charge in [-0.1, -0.05) is 0 Å². The number of carbonyl (C=O) groups is 4. The van der Waals surface area contributed by atoms with E-state index < -0.39 is 29.7 Å². The molecule has 5 amide bonds. The van der Waals surface area contributed by atoms with Crippen molar-refractivity contribution in [3.63, 3.8) is 0 Å². The van der Waals surface area contributed by atoms with Crippen molar-refractivity contribution in [2.75, 3.05) is 13.1 Å². The molecular formula is C9H11N3O6. The second kappa shape index (κ2) is 3.86. The molecule has 2 rings (SSSR count). The first-order valence-corrected chi connectivity index (χ1v) is 5.25. The molecule has 2 saturated heterocycles. The lowest BCUT2D eigenvalue weighted by Gasteiger charge is -2.35. The molecule has 0 unspecified atom stereocenters. The van der Waals surface area contributed by atoms with E-state index in [2.05, 4.69) is 5.32 Å².